The van der Waals surface area contributed by atoms with Crippen molar-refractivity contribution in [1.29, 1.82) is 0 Å². The molecule has 0 atom stereocenters. The summed E-state index contributed by atoms with van der Waals surface area (Å²) < 4.78 is 0. The molecule has 0 radical (unpaired) electrons. The first kappa shape index (κ1) is 16.2. The third-order valence-corrected chi connectivity index (χ3v) is 3.68. The standard InChI is InChI=1S/C17H14N4O4/c22-16(9-12-10-18-15-4-2-1-3-14(12)15)19-20-17(23)11-5-7-13(8-6-11)21(24)25/h1-8,10,18H,9H2,(H,19,22)(H,20,23). The molecule has 3 aromatic rings. The van der Waals surface area contributed by atoms with Crippen LogP contribution in [0.2, 0.25) is 0 Å². The van der Waals surface area contributed by atoms with Crippen LogP contribution in [0.1, 0.15) is 15.9 Å². The fourth-order valence-electron chi connectivity index (χ4n) is 2.43. The zero-order valence-electron chi connectivity index (χ0n) is 13.0. The number of hydrogen-bond acceptors (Lipinski definition) is 4. The van der Waals surface area contributed by atoms with Gasteiger partial charge in [-0.05, 0) is 23.8 Å². The summed E-state index contributed by atoms with van der Waals surface area (Å²) in [5.74, 6) is -0.929. The lowest BCUT2D eigenvalue weighted by atomic mass is 10.1. The van der Waals surface area contributed by atoms with Crippen molar-refractivity contribution in [2.45, 2.75) is 6.42 Å². The van der Waals surface area contributed by atoms with Crippen molar-refractivity contribution in [3.63, 3.8) is 0 Å². The monoisotopic (exact) mass is 338 g/mol. The van der Waals surface area contributed by atoms with Crippen molar-refractivity contribution >= 4 is 28.4 Å². The highest BCUT2D eigenvalue weighted by atomic mass is 16.6. The first-order chi connectivity index (χ1) is 12.0. The summed E-state index contributed by atoms with van der Waals surface area (Å²) in [4.78, 5) is 37.1. The van der Waals surface area contributed by atoms with Crippen LogP contribution in [0.15, 0.2) is 54.7 Å². The van der Waals surface area contributed by atoms with Crippen LogP contribution in [0.5, 0.6) is 0 Å². The van der Waals surface area contributed by atoms with Crippen LogP contribution in [0.25, 0.3) is 10.9 Å². The Balaban J connectivity index is 1.58. The number of hydrazine groups is 1. The second-order valence-electron chi connectivity index (χ2n) is 5.34. The van der Waals surface area contributed by atoms with E-state index in [1.54, 1.807) is 6.20 Å². The number of nitro groups is 1. The molecule has 2 aromatic carbocycles. The van der Waals surface area contributed by atoms with Crippen molar-refractivity contribution in [2.75, 3.05) is 0 Å². The summed E-state index contributed by atoms with van der Waals surface area (Å²) >= 11 is 0. The molecule has 1 aromatic heterocycles. The lowest BCUT2D eigenvalue weighted by Gasteiger charge is -2.07. The number of rotatable bonds is 4. The van der Waals surface area contributed by atoms with E-state index < -0.39 is 10.8 Å². The Bertz CT molecular complexity index is 947. The molecular formula is C17H14N4O4. The lowest BCUT2D eigenvalue weighted by Crippen LogP contribution is -2.42. The van der Waals surface area contributed by atoms with Gasteiger partial charge in [-0.25, -0.2) is 0 Å². The van der Waals surface area contributed by atoms with Gasteiger partial charge in [-0.3, -0.25) is 30.6 Å². The smallest absolute Gasteiger partial charge is 0.269 e. The number of nitrogens with zero attached hydrogens (tertiary/aromatic N) is 1. The van der Waals surface area contributed by atoms with E-state index in [1.165, 1.54) is 24.3 Å². The van der Waals surface area contributed by atoms with Gasteiger partial charge in [0.25, 0.3) is 11.6 Å². The van der Waals surface area contributed by atoms with Crippen molar-refractivity contribution in [3.8, 4) is 0 Å². The number of aromatic amines is 1. The number of amides is 2. The number of hydrogen-bond donors (Lipinski definition) is 3. The maximum atomic E-state index is 12.0. The molecule has 0 aliphatic carbocycles. The SMILES string of the molecule is O=C(Cc1c[nH]c2ccccc12)NNC(=O)c1ccc([N+](=O)[O-])cc1. The second kappa shape index (κ2) is 6.83. The Labute approximate surface area is 142 Å². The highest BCUT2D eigenvalue weighted by Crippen LogP contribution is 2.17. The fraction of sp³-hybridized carbons (Fsp3) is 0.0588. The predicted octanol–water partition coefficient (Wildman–Crippen LogP) is 2.08. The maximum absolute atomic E-state index is 12.0. The molecule has 8 nitrogen and oxygen atoms in total. The minimum Gasteiger partial charge on any atom is -0.361 e. The number of carbonyl (C=O) groups excluding carboxylic acids is 2. The number of H-pyrrole nitrogens is 1. The molecule has 0 saturated carbocycles. The molecular weight excluding hydrogens is 324 g/mol. The second-order valence-corrected chi connectivity index (χ2v) is 5.34. The van der Waals surface area contributed by atoms with E-state index in [9.17, 15) is 19.7 Å². The van der Waals surface area contributed by atoms with Gasteiger partial charge in [0.05, 0.1) is 11.3 Å². The highest BCUT2D eigenvalue weighted by molar-refractivity contribution is 5.96. The van der Waals surface area contributed by atoms with Crippen LogP contribution in [-0.2, 0) is 11.2 Å². The quantitative estimate of drug-likeness (QED) is 0.498. The number of nitrogens with one attached hydrogen (secondary N) is 3. The van der Waals surface area contributed by atoms with Crippen LogP contribution >= 0.6 is 0 Å². The van der Waals surface area contributed by atoms with Crippen molar-refractivity contribution in [2.24, 2.45) is 0 Å². The molecule has 3 rings (SSSR count). The molecule has 25 heavy (non-hydrogen) atoms. The number of carbonyl (C=O) groups is 2. The molecule has 0 fully saturated rings. The average Bonchev–Trinajstić information content (AvgIpc) is 3.03. The molecule has 0 unspecified atom stereocenters. The highest BCUT2D eigenvalue weighted by Gasteiger charge is 2.12. The normalized spacial score (nSPS) is 10.4. The maximum Gasteiger partial charge on any atom is 0.269 e. The molecule has 126 valence electrons. The first-order valence-electron chi connectivity index (χ1n) is 7.43. The van der Waals surface area contributed by atoms with Gasteiger partial charge in [0, 0.05) is 34.8 Å². The molecule has 2 amide bonds. The third-order valence-electron chi connectivity index (χ3n) is 3.68. The van der Waals surface area contributed by atoms with Gasteiger partial charge >= 0.3 is 0 Å². The summed E-state index contributed by atoms with van der Waals surface area (Å²) in [6.45, 7) is 0. The lowest BCUT2D eigenvalue weighted by molar-refractivity contribution is -0.384. The summed E-state index contributed by atoms with van der Waals surface area (Å²) in [5, 5.41) is 11.5. The predicted molar refractivity (Wildman–Crippen MR) is 90.7 cm³/mol. The van der Waals surface area contributed by atoms with Crippen LogP contribution in [0, 0.1) is 10.1 Å². The van der Waals surface area contributed by atoms with E-state index in [1.807, 2.05) is 24.3 Å². The summed E-state index contributed by atoms with van der Waals surface area (Å²) in [6, 6.07) is 12.7. The van der Waals surface area contributed by atoms with Crippen molar-refractivity contribution < 1.29 is 14.5 Å². The largest absolute Gasteiger partial charge is 0.361 e. The van der Waals surface area contributed by atoms with E-state index in [-0.39, 0.29) is 23.6 Å². The Hall–Kier alpha value is -3.68. The van der Waals surface area contributed by atoms with Gasteiger partial charge in [-0.2, -0.15) is 0 Å². The van der Waals surface area contributed by atoms with E-state index in [2.05, 4.69) is 15.8 Å². The Morgan fingerprint density at radius 3 is 2.48 bits per heavy atom. The van der Waals surface area contributed by atoms with Gasteiger partial charge in [-0.1, -0.05) is 18.2 Å². The summed E-state index contributed by atoms with van der Waals surface area (Å²) in [5.41, 5.74) is 6.47. The van der Waals surface area contributed by atoms with Crippen molar-refractivity contribution in [1.82, 2.24) is 15.8 Å². The van der Waals surface area contributed by atoms with Gasteiger partial charge in [0.1, 0.15) is 0 Å². The number of nitro benzene ring substituents is 1. The molecule has 3 N–H and O–H groups in total. The van der Waals surface area contributed by atoms with E-state index in [0.717, 1.165) is 16.5 Å². The minimum absolute atomic E-state index is 0.102. The van der Waals surface area contributed by atoms with E-state index >= 15 is 0 Å². The number of non-ortho nitro benzene ring substituents is 1. The number of para-hydroxylation sites is 1. The fourth-order valence-corrected chi connectivity index (χ4v) is 2.43. The first-order valence-corrected chi connectivity index (χ1v) is 7.43. The van der Waals surface area contributed by atoms with Gasteiger partial charge in [0.15, 0.2) is 0 Å². The third kappa shape index (κ3) is 3.63. The molecule has 0 aliphatic rings. The minimum atomic E-state index is -0.554. The Morgan fingerprint density at radius 1 is 1.04 bits per heavy atom. The number of benzene rings is 2. The average molecular weight is 338 g/mol. The summed E-state index contributed by atoms with van der Waals surface area (Å²) in [7, 11) is 0. The Morgan fingerprint density at radius 2 is 1.76 bits per heavy atom. The number of fused-ring (bicyclic) bond motifs is 1. The molecule has 0 aliphatic heterocycles. The van der Waals surface area contributed by atoms with Crippen LogP contribution in [0.3, 0.4) is 0 Å². The van der Waals surface area contributed by atoms with Gasteiger partial charge < -0.3 is 4.98 Å². The molecule has 1 heterocycles. The number of aromatic nitrogens is 1. The molecule has 0 bridgehead atoms. The van der Waals surface area contributed by atoms with Gasteiger partial charge in [0.2, 0.25) is 5.91 Å². The molecule has 0 spiro atoms. The van der Waals surface area contributed by atoms with Crippen LogP contribution in [0.4, 0.5) is 5.69 Å². The van der Waals surface area contributed by atoms with Crippen molar-refractivity contribution in [3.05, 3.63) is 76.0 Å². The topological polar surface area (TPSA) is 117 Å². The molecule has 0 saturated heterocycles. The van der Waals surface area contributed by atoms with Crippen LogP contribution < -0.4 is 10.9 Å². The van der Waals surface area contributed by atoms with E-state index in [4.69, 9.17) is 0 Å². The van der Waals surface area contributed by atoms with Crippen LogP contribution in [-0.4, -0.2) is 21.7 Å². The Kier molecular flexibility index (Phi) is 4.42. The zero-order valence-corrected chi connectivity index (χ0v) is 13.0. The van der Waals surface area contributed by atoms with Gasteiger partial charge in [-0.15, -0.1) is 0 Å². The molecule has 8 heteroatoms. The zero-order chi connectivity index (χ0) is 17.8. The summed E-state index contributed by atoms with van der Waals surface area (Å²) in [6.07, 6.45) is 1.85. The van der Waals surface area contributed by atoms with E-state index in [0.29, 0.717) is 0 Å².